The topological polar surface area (TPSA) is 66.4 Å². The van der Waals surface area contributed by atoms with Crippen LogP contribution in [0, 0.1) is 5.92 Å². The van der Waals surface area contributed by atoms with E-state index in [0.29, 0.717) is 18.0 Å². The molecule has 21 heavy (non-hydrogen) atoms. The number of nitrogens with zero attached hydrogens (tertiary/aromatic N) is 1. The van der Waals surface area contributed by atoms with Gasteiger partial charge in [0.25, 0.3) is 5.91 Å². The molecule has 0 saturated heterocycles. The van der Waals surface area contributed by atoms with Crippen molar-refractivity contribution in [2.75, 3.05) is 27.8 Å². The maximum absolute atomic E-state index is 12.1. The first-order valence-corrected chi connectivity index (χ1v) is 7.19. The van der Waals surface area contributed by atoms with Crippen LogP contribution in [0.25, 0.3) is 0 Å². The quantitative estimate of drug-likeness (QED) is 0.815. The Labute approximate surface area is 127 Å². The van der Waals surface area contributed by atoms with Crippen LogP contribution >= 0.6 is 0 Å². The monoisotopic (exact) mass is 295 g/mol. The van der Waals surface area contributed by atoms with Crippen molar-refractivity contribution in [3.05, 3.63) is 23.8 Å². The highest BCUT2D eigenvalue weighted by Crippen LogP contribution is 2.27. The predicted octanol–water partition coefficient (Wildman–Crippen LogP) is 0.971. The normalized spacial score (nSPS) is 12.1. The van der Waals surface area contributed by atoms with Crippen molar-refractivity contribution in [3.8, 4) is 11.5 Å². The third-order valence-corrected chi connectivity index (χ3v) is 3.68. The number of benzene rings is 1. The van der Waals surface area contributed by atoms with E-state index in [9.17, 15) is 4.79 Å². The summed E-state index contributed by atoms with van der Waals surface area (Å²) in [6, 6.07) is 5.62. The lowest BCUT2D eigenvalue weighted by molar-refractivity contribution is -0.416. The fraction of sp³-hybridized carbons (Fsp3) is 0.562. The molecular weight excluding hydrogens is 268 g/mol. The van der Waals surface area contributed by atoms with Gasteiger partial charge in [-0.05, 0) is 24.1 Å². The minimum absolute atomic E-state index is 0.0884. The molecule has 0 bridgehead atoms. The summed E-state index contributed by atoms with van der Waals surface area (Å²) in [5, 5.41) is 0. The minimum Gasteiger partial charge on any atom is -0.493 e. The number of rotatable bonds is 7. The molecule has 1 aromatic carbocycles. The Bertz CT molecular complexity index is 475. The molecule has 3 N–H and O–H groups in total. The Hall–Kier alpha value is -1.75. The van der Waals surface area contributed by atoms with Gasteiger partial charge in [-0.25, -0.2) is 0 Å². The van der Waals surface area contributed by atoms with E-state index in [1.165, 1.54) is 0 Å². The molecule has 0 fully saturated rings. The highest BCUT2D eigenvalue weighted by atomic mass is 16.5. The molecule has 118 valence electrons. The van der Waals surface area contributed by atoms with Crippen LogP contribution < -0.4 is 15.2 Å². The van der Waals surface area contributed by atoms with Crippen LogP contribution in [-0.2, 0) is 11.2 Å². The molecule has 0 radical (unpaired) electrons. The Morgan fingerprint density at radius 2 is 1.86 bits per heavy atom. The zero-order valence-electron chi connectivity index (χ0n) is 13.7. The summed E-state index contributed by atoms with van der Waals surface area (Å²) >= 11 is 0. The number of quaternary nitrogens is 1. The van der Waals surface area contributed by atoms with E-state index in [1.807, 2.05) is 39.1 Å². The van der Waals surface area contributed by atoms with Crippen molar-refractivity contribution in [1.82, 2.24) is 4.90 Å². The number of methoxy groups -OCH3 is 2. The second-order valence-corrected chi connectivity index (χ2v) is 5.55. The van der Waals surface area contributed by atoms with E-state index in [-0.39, 0.29) is 17.9 Å². The molecule has 0 saturated carbocycles. The summed E-state index contributed by atoms with van der Waals surface area (Å²) < 4.78 is 10.5. The van der Waals surface area contributed by atoms with Gasteiger partial charge in [0.05, 0.1) is 14.2 Å². The van der Waals surface area contributed by atoms with Crippen molar-refractivity contribution >= 4 is 5.91 Å². The highest BCUT2D eigenvalue weighted by Gasteiger charge is 2.24. The molecular formula is C16H27N2O3+. The van der Waals surface area contributed by atoms with Gasteiger partial charge in [0, 0.05) is 19.5 Å². The highest BCUT2D eigenvalue weighted by molar-refractivity contribution is 5.80. The zero-order valence-corrected chi connectivity index (χ0v) is 13.7. The molecule has 1 amide bonds. The second kappa shape index (κ2) is 7.88. The molecule has 0 unspecified atom stereocenters. The Kier molecular flexibility index (Phi) is 6.49. The molecule has 0 aliphatic carbocycles. The smallest absolute Gasteiger partial charge is 0.280 e. The van der Waals surface area contributed by atoms with Crippen LogP contribution in [-0.4, -0.2) is 44.7 Å². The van der Waals surface area contributed by atoms with Crippen LogP contribution in [0.15, 0.2) is 18.2 Å². The van der Waals surface area contributed by atoms with Crippen LogP contribution in [0.3, 0.4) is 0 Å². The van der Waals surface area contributed by atoms with E-state index in [4.69, 9.17) is 9.47 Å². The molecule has 0 spiro atoms. The molecule has 0 aliphatic heterocycles. The fourth-order valence-corrected chi connectivity index (χ4v) is 2.01. The second-order valence-electron chi connectivity index (χ2n) is 5.55. The fourth-order valence-electron chi connectivity index (χ4n) is 2.01. The lowest BCUT2D eigenvalue weighted by Gasteiger charge is -2.21. The van der Waals surface area contributed by atoms with Crippen LogP contribution in [0.2, 0.25) is 0 Å². The predicted molar refractivity (Wildman–Crippen MR) is 82.4 cm³/mol. The average Bonchev–Trinajstić information content (AvgIpc) is 2.50. The molecule has 1 atom stereocenters. The zero-order chi connectivity index (χ0) is 16.0. The van der Waals surface area contributed by atoms with Crippen molar-refractivity contribution < 1.29 is 20.0 Å². The Morgan fingerprint density at radius 1 is 1.24 bits per heavy atom. The number of hydrogen-bond acceptors (Lipinski definition) is 3. The van der Waals surface area contributed by atoms with Crippen molar-refractivity contribution in [1.29, 1.82) is 0 Å². The third kappa shape index (κ3) is 4.63. The molecule has 5 heteroatoms. The third-order valence-electron chi connectivity index (χ3n) is 3.68. The number of carbonyl (C=O) groups excluding carboxylic acids is 1. The summed E-state index contributed by atoms with van der Waals surface area (Å²) in [6.45, 7) is 4.68. The molecule has 1 aromatic rings. The van der Waals surface area contributed by atoms with Crippen LogP contribution in [0.5, 0.6) is 11.5 Å². The van der Waals surface area contributed by atoms with E-state index < -0.39 is 0 Å². The number of hydrogen-bond donors (Lipinski definition) is 1. The van der Waals surface area contributed by atoms with E-state index >= 15 is 0 Å². The molecule has 0 heterocycles. The lowest BCUT2D eigenvalue weighted by Crippen LogP contribution is -2.69. The van der Waals surface area contributed by atoms with E-state index in [0.717, 1.165) is 12.0 Å². The standard InChI is InChI=1S/C16H26N2O3/c1-11(2)15(17)16(19)18(3)9-8-12-6-7-13(20-4)14(10-12)21-5/h6-7,10-11,15H,8-9,17H2,1-5H3/p+1/t15-/m1/s1. The van der Waals surface area contributed by atoms with Gasteiger partial charge in [-0.15, -0.1) is 0 Å². The van der Waals surface area contributed by atoms with E-state index in [2.05, 4.69) is 5.73 Å². The first-order chi connectivity index (χ1) is 9.90. The summed E-state index contributed by atoms with van der Waals surface area (Å²) in [5.41, 5.74) is 5.04. The van der Waals surface area contributed by atoms with Crippen LogP contribution in [0.4, 0.5) is 0 Å². The molecule has 5 nitrogen and oxygen atoms in total. The summed E-state index contributed by atoms with van der Waals surface area (Å²) in [7, 11) is 5.06. The van der Waals surface area contributed by atoms with Crippen molar-refractivity contribution in [2.45, 2.75) is 26.3 Å². The molecule has 1 rings (SSSR count). The van der Waals surface area contributed by atoms with Gasteiger partial charge in [-0.2, -0.15) is 0 Å². The molecule has 0 aromatic heterocycles. The lowest BCUT2D eigenvalue weighted by atomic mass is 10.0. The van der Waals surface area contributed by atoms with Gasteiger partial charge in [-0.3, -0.25) is 4.79 Å². The van der Waals surface area contributed by atoms with Gasteiger partial charge in [0.2, 0.25) is 0 Å². The van der Waals surface area contributed by atoms with Gasteiger partial charge in [-0.1, -0.05) is 19.9 Å². The van der Waals surface area contributed by atoms with Crippen molar-refractivity contribution in [2.24, 2.45) is 5.92 Å². The number of likely N-dealkylation sites (N-methyl/N-ethyl adjacent to an activating group) is 1. The summed E-state index contributed by atoms with van der Waals surface area (Å²) in [4.78, 5) is 13.9. The first kappa shape index (κ1) is 17.3. The maximum Gasteiger partial charge on any atom is 0.280 e. The van der Waals surface area contributed by atoms with E-state index in [1.54, 1.807) is 19.1 Å². The maximum atomic E-state index is 12.1. The number of carbonyl (C=O) groups is 1. The van der Waals surface area contributed by atoms with Gasteiger partial charge in [0.1, 0.15) is 0 Å². The number of ether oxygens (including phenoxy) is 2. The summed E-state index contributed by atoms with van der Waals surface area (Å²) in [6.07, 6.45) is 0.771. The Balaban J connectivity index is 2.65. The van der Waals surface area contributed by atoms with Crippen molar-refractivity contribution in [3.63, 3.8) is 0 Å². The SMILES string of the molecule is COc1ccc(CCN(C)C(=O)[C@H]([NH3+])C(C)C)cc1OC. The van der Waals surface area contributed by atoms with Gasteiger partial charge in [0.15, 0.2) is 17.5 Å². The first-order valence-electron chi connectivity index (χ1n) is 7.19. The molecule has 0 aliphatic rings. The number of amides is 1. The minimum atomic E-state index is -0.194. The largest absolute Gasteiger partial charge is 0.493 e. The van der Waals surface area contributed by atoms with Gasteiger partial charge >= 0.3 is 0 Å². The Morgan fingerprint density at radius 3 is 2.38 bits per heavy atom. The van der Waals surface area contributed by atoms with Gasteiger partial charge < -0.3 is 20.1 Å². The van der Waals surface area contributed by atoms with Crippen LogP contribution in [0.1, 0.15) is 19.4 Å². The summed E-state index contributed by atoms with van der Waals surface area (Å²) in [5.74, 6) is 1.76. The average molecular weight is 295 g/mol.